The average Bonchev–Trinajstić information content (AvgIpc) is 3.85. The molecule has 4 aliphatic rings. The van der Waals surface area contributed by atoms with Gasteiger partial charge in [-0.05, 0) is 117 Å². The van der Waals surface area contributed by atoms with E-state index in [0.717, 1.165) is 52.7 Å². The second-order valence-electron chi connectivity index (χ2n) is 19.0. The number of fused-ring (bicyclic) bond motifs is 8. The molecule has 0 radical (unpaired) electrons. The molecule has 9 rings (SSSR count). The summed E-state index contributed by atoms with van der Waals surface area (Å²) in [6, 6.07) is 28.5. The molecule has 0 aliphatic carbocycles. The van der Waals surface area contributed by atoms with Gasteiger partial charge in [-0.15, -0.1) is 0 Å². The van der Waals surface area contributed by atoms with Gasteiger partial charge in [0.2, 0.25) is 5.91 Å². The highest BCUT2D eigenvalue weighted by Gasteiger charge is 2.39. The number of carbonyl (C=O) groups is 4. The van der Waals surface area contributed by atoms with Gasteiger partial charge >= 0.3 is 0 Å². The number of nitrogens with one attached hydrogen (secondary N) is 2. The predicted octanol–water partition coefficient (Wildman–Crippen LogP) is 9.65. The Bertz CT molecular complexity index is 3110. The van der Waals surface area contributed by atoms with Gasteiger partial charge in [0.05, 0.1) is 48.8 Å². The van der Waals surface area contributed by atoms with Crippen LogP contribution in [-0.4, -0.2) is 86.7 Å². The Morgan fingerprint density at radius 1 is 0.847 bits per heavy atom. The van der Waals surface area contributed by atoms with E-state index in [9.17, 15) is 27.6 Å². The van der Waals surface area contributed by atoms with Gasteiger partial charge in [-0.2, -0.15) is 8.42 Å². The predicted molar refractivity (Wildman–Crippen MR) is 284 cm³/mol. The molecular weight excluding hydrogens is 975 g/mol. The van der Waals surface area contributed by atoms with E-state index in [1.807, 2.05) is 104 Å². The quantitative estimate of drug-likeness (QED) is 0.0454. The highest BCUT2D eigenvalue weighted by Crippen LogP contribution is 2.43. The Morgan fingerprint density at radius 2 is 1.51 bits per heavy atom. The number of para-hydroxylation sites is 2. The van der Waals surface area contributed by atoms with Crippen LogP contribution in [0.2, 0.25) is 0 Å². The van der Waals surface area contributed by atoms with Gasteiger partial charge in [0.15, 0.2) is 11.5 Å². The molecule has 0 aromatic heterocycles. The van der Waals surface area contributed by atoms with Gasteiger partial charge in [0.1, 0.15) is 30.0 Å². The molecule has 1 unspecified atom stereocenters. The topological polar surface area (TPSA) is 182 Å². The minimum Gasteiger partial charge on any atom is -0.493 e. The number of amides is 3. The van der Waals surface area contributed by atoms with E-state index in [1.54, 1.807) is 18.2 Å². The van der Waals surface area contributed by atoms with E-state index in [-0.39, 0.29) is 60.6 Å². The van der Waals surface area contributed by atoms with Gasteiger partial charge in [-0.1, -0.05) is 58.0 Å². The number of nitrogens with zero attached hydrogens (tertiary/aromatic N) is 3. The number of anilines is 4. The van der Waals surface area contributed by atoms with Crippen LogP contribution in [0, 0.1) is 6.92 Å². The number of ketones is 1. The molecule has 5 aromatic carbocycles. The first kappa shape index (κ1) is 50.6. The van der Waals surface area contributed by atoms with Crippen molar-refractivity contribution in [1.82, 2.24) is 0 Å². The van der Waals surface area contributed by atoms with Crippen molar-refractivity contribution in [2.75, 3.05) is 47.0 Å². The molecule has 3 atom stereocenters. The van der Waals surface area contributed by atoms with Gasteiger partial charge in [0.25, 0.3) is 21.9 Å². The molecule has 3 amide bonds. The van der Waals surface area contributed by atoms with Crippen LogP contribution in [0.5, 0.6) is 17.2 Å². The van der Waals surface area contributed by atoms with Crippen molar-refractivity contribution in [3.05, 3.63) is 130 Å². The van der Waals surface area contributed by atoms with Crippen LogP contribution in [0.4, 0.5) is 28.4 Å². The number of benzene rings is 5. The molecule has 0 fully saturated rings. The summed E-state index contributed by atoms with van der Waals surface area (Å²) in [5.74, 6) is 0.880. The number of aryl methyl sites for hydroxylation is 1. The first-order chi connectivity index (χ1) is 34.5. The second-order valence-corrected chi connectivity index (χ2v) is 24.0. The van der Waals surface area contributed by atoms with Gasteiger partial charge in [-0.25, -0.2) is 0 Å². The molecule has 5 aromatic rings. The first-order valence-electron chi connectivity index (χ1n) is 23.8. The van der Waals surface area contributed by atoms with Crippen molar-refractivity contribution in [1.29, 1.82) is 0 Å². The third-order valence-corrected chi connectivity index (χ3v) is 18.5. The van der Waals surface area contributed by atoms with Crippen molar-refractivity contribution < 1.29 is 46.0 Å². The highest BCUT2D eigenvalue weighted by molar-refractivity contribution is 8.77. The third kappa shape index (κ3) is 10.7. The number of carbonyl (C=O) groups excluding carboxylic acids is 4. The Morgan fingerprint density at radius 3 is 2.21 bits per heavy atom. The van der Waals surface area contributed by atoms with Crippen molar-refractivity contribution in [2.45, 2.75) is 95.1 Å². The van der Waals surface area contributed by atoms with Crippen LogP contribution in [-0.2, 0) is 49.9 Å². The van der Waals surface area contributed by atoms with Crippen molar-refractivity contribution in [2.24, 2.45) is 4.99 Å². The van der Waals surface area contributed by atoms with Gasteiger partial charge in [0, 0.05) is 65.3 Å². The van der Waals surface area contributed by atoms with Crippen LogP contribution < -0.4 is 34.6 Å². The standard InChI is InChI=1S/C54H57N5O10S3/c1-32-19-41-43(55-28-39-23-36-11-7-9-13-45(36)58(39)52(41)62)26-47(32)68-30-34-20-35(22-38(21-34)57-51(61)15-17-54(3,4)71-70-18-16-50(33(2)60)72(64,65)67-6)31-69-49-27-44-42(25-48(49)66-5)53(63)59-40(29-56-44)24-37-12-8-10-14-46(37)59/h7-14,19-22,25-28,39-40,50,56H,15-18,23-24,29-31H2,1-6H3,(H,57,61)/t39-,40-,50?/m0/s1. The Labute approximate surface area is 427 Å². The lowest BCUT2D eigenvalue weighted by Gasteiger charge is -2.23. The lowest BCUT2D eigenvalue weighted by Crippen LogP contribution is -2.39. The number of hydrogen-bond donors (Lipinski definition) is 2. The summed E-state index contributed by atoms with van der Waals surface area (Å²) >= 11 is 0. The molecule has 0 spiro atoms. The average molecular weight is 1030 g/mol. The summed E-state index contributed by atoms with van der Waals surface area (Å²) < 4.78 is 47.5. The fourth-order valence-corrected chi connectivity index (χ4v) is 13.5. The first-order valence-corrected chi connectivity index (χ1v) is 27.6. The highest BCUT2D eigenvalue weighted by atomic mass is 33.1. The van der Waals surface area contributed by atoms with Crippen molar-refractivity contribution in [3.63, 3.8) is 0 Å². The van der Waals surface area contributed by atoms with Gasteiger partial charge in [-0.3, -0.25) is 33.3 Å². The zero-order chi connectivity index (χ0) is 50.9. The van der Waals surface area contributed by atoms with Crippen LogP contribution in [0.1, 0.15) is 88.6 Å². The molecule has 72 heavy (non-hydrogen) atoms. The molecular formula is C54H57N5O10S3. The maximum absolute atomic E-state index is 14.1. The summed E-state index contributed by atoms with van der Waals surface area (Å²) in [4.78, 5) is 62.3. The van der Waals surface area contributed by atoms with E-state index < -0.39 is 21.2 Å². The zero-order valence-corrected chi connectivity index (χ0v) is 43.4. The fraction of sp³-hybridized carbons (Fsp3) is 0.352. The largest absolute Gasteiger partial charge is 0.493 e. The molecule has 0 saturated heterocycles. The normalized spacial score (nSPS) is 17.0. The smallest absolute Gasteiger partial charge is 0.277 e. The molecule has 0 bridgehead atoms. The Hall–Kier alpha value is -6.34. The number of methoxy groups -OCH3 is 1. The summed E-state index contributed by atoms with van der Waals surface area (Å²) in [5.41, 5.74) is 8.97. The zero-order valence-electron chi connectivity index (χ0n) is 41.0. The number of Topliss-reactive ketones (excluding diaryl/α,β-unsaturated/α-hetero) is 1. The molecule has 0 saturated carbocycles. The van der Waals surface area contributed by atoms with Crippen molar-refractivity contribution >= 4 is 89.9 Å². The molecule has 4 aliphatic heterocycles. The minimum absolute atomic E-state index is 0.0400. The molecule has 15 nitrogen and oxygen atoms in total. The number of hydrogen-bond acceptors (Lipinski definition) is 14. The molecule has 376 valence electrons. The van der Waals surface area contributed by atoms with E-state index in [1.165, 1.54) is 35.6 Å². The van der Waals surface area contributed by atoms with E-state index in [0.29, 0.717) is 70.6 Å². The van der Waals surface area contributed by atoms with E-state index in [4.69, 9.17) is 19.2 Å². The Balaban J connectivity index is 0.917. The van der Waals surface area contributed by atoms with Crippen LogP contribution in [0.3, 0.4) is 0 Å². The second kappa shape index (κ2) is 21.0. The van der Waals surface area contributed by atoms with Gasteiger partial charge < -0.3 is 29.7 Å². The number of ether oxygens (including phenoxy) is 3. The molecule has 2 N–H and O–H groups in total. The molecule has 18 heteroatoms. The minimum atomic E-state index is -3.99. The summed E-state index contributed by atoms with van der Waals surface area (Å²) in [7, 11) is 1.58. The van der Waals surface area contributed by atoms with Crippen LogP contribution in [0.25, 0.3) is 0 Å². The van der Waals surface area contributed by atoms with E-state index in [2.05, 4.69) is 20.9 Å². The fourth-order valence-electron chi connectivity index (χ4n) is 9.64. The van der Waals surface area contributed by atoms with Crippen LogP contribution in [0.15, 0.2) is 96.0 Å². The lowest BCUT2D eigenvalue weighted by molar-refractivity contribution is -0.117. The summed E-state index contributed by atoms with van der Waals surface area (Å²) in [5, 5.41) is 5.34. The Kier molecular flexibility index (Phi) is 14.8. The summed E-state index contributed by atoms with van der Waals surface area (Å²) in [6.45, 7) is 7.91. The van der Waals surface area contributed by atoms with E-state index >= 15 is 0 Å². The number of rotatable bonds is 19. The monoisotopic (exact) mass is 1030 g/mol. The third-order valence-electron chi connectivity index (χ3n) is 13.4. The number of aliphatic imine (C=N–C) groups is 1. The summed E-state index contributed by atoms with van der Waals surface area (Å²) in [6.07, 6.45) is 4.09. The van der Waals surface area contributed by atoms with Crippen LogP contribution >= 0.6 is 21.6 Å². The lowest BCUT2D eigenvalue weighted by atomic mass is 10.1. The maximum Gasteiger partial charge on any atom is 0.277 e. The molecule has 4 heterocycles. The SMILES string of the molecule is COc1cc2c(cc1OCc1cc(COc3cc4c(cc3C)C(=O)N3c5ccccc5C[C@H]3C=N4)cc(NC(=O)CCC(C)(C)SSCCC(C(C)=O)S(=O)(=O)OC)c1)NC[C@@H]1Cc3ccccc3N1C2=O. The maximum atomic E-state index is 14.1. The van der Waals surface area contributed by atoms with Crippen molar-refractivity contribution in [3.8, 4) is 17.2 Å².